The van der Waals surface area contributed by atoms with Crippen molar-refractivity contribution in [1.29, 1.82) is 0 Å². The fraction of sp³-hybridized carbons (Fsp3) is 0.294. The molecule has 0 bridgehead atoms. The maximum absolute atomic E-state index is 13.9. The molecule has 2 N–H and O–H groups in total. The highest BCUT2D eigenvalue weighted by atomic mass is 32.1. The highest BCUT2D eigenvalue weighted by molar-refractivity contribution is 7.14. The minimum Gasteiger partial charge on any atom is -0.314 e. The monoisotopic (exact) mass is 404 g/mol. The smallest absolute Gasteiger partial charge is 0.314 e. The molecule has 1 aromatic carbocycles. The first-order valence-electron chi connectivity index (χ1n) is 8.44. The van der Waals surface area contributed by atoms with E-state index in [2.05, 4.69) is 15.6 Å². The lowest BCUT2D eigenvalue weighted by Crippen LogP contribution is -2.47. The Hall–Kier alpha value is -3.21. The van der Waals surface area contributed by atoms with E-state index in [4.69, 9.17) is 0 Å². The van der Waals surface area contributed by atoms with Crippen molar-refractivity contribution in [3.05, 3.63) is 35.5 Å². The van der Waals surface area contributed by atoms with Gasteiger partial charge in [-0.3, -0.25) is 9.69 Å². The van der Waals surface area contributed by atoms with Gasteiger partial charge in [0.25, 0.3) is 0 Å². The standard InChI is InChI=1S/C17H17FN6O3S/c1-22-13-14(23(2)17(22)27)24(16(26)21-13)7-12(25)20-15-19-11(8-28-15)9-5-3-4-6-10(9)18/h3-6,8,13-14H,7H2,1-2H3,(H,21,26)(H,19,20,25)/t13-,14-/m1/s1. The quantitative estimate of drug-likeness (QED) is 0.808. The number of carbonyl (C=O) groups is 3. The fourth-order valence-electron chi connectivity index (χ4n) is 3.38. The molecule has 28 heavy (non-hydrogen) atoms. The molecule has 1 aromatic heterocycles. The van der Waals surface area contributed by atoms with Gasteiger partial charge in [-0.25, -0.2) is 19.0 Å². The number of rotatable bonds is 4. The Labute approximate surface area is 163 Å². The summed E-state index contributed by atoms with van der Waals surface area (Å²) >= 11 is 1.16. The molecule has 2 aliphatic rings. The summed E-state index contributed by atoms with van der Waals surface area (Å²) in [6, 6.07) is 5.57. The largest absolute Gasteiger partial charge is 0.323 e. The van der Waals surface area contributed by atoms with Crippen LogP contribution in [0.5, 0.6) is 0 Å². The van der Waals surface area contributed by atoms with Gasteiger partial charge in [0.15, 0.2) is 5.13 Å². The van der Waals surface area contributed by atoms with Crippen molar-refractivity contribution in [2.75, 3.05) is 26.0 Å². The van der Waals surface area contributed by atoms with Crippen molar-refractivity contribution in [3.8, 4) is 11.3 Å². The number of nitrogens with one attached hydrogen (secondary N) is 2. The average Bonchev–Trinajstić information content (AvgIpc) is 3.30. The van der Waals surface area contributed by atoms with E-state index < -0.39 is 30.1 Å². The number of aromatic nitrogens is 1. The van der Waals surface area contributed by atoms with Crippen LogP contribution in [0, 0.1) is 5.82 Å². The summed E-state index contributed by atoms with van der Waals surface area (Å²) < 4.78 is 13.9. The number of urea groups is 2. The summed E-state index contributed by atoms with van der Waals surface area (Å²) in [5.41, 5.74) is 0.760. The maximum atomic E-state index is 13.9. The zero-order valence-corrected chi connectivity index (χ0v) is 15.9. The summed E-state index contributed by atoms with van der Waals surface area (Å²) in [5, 5.41) is 7.26. The van der Waals surface area contributed by atoms with Gasteiger partial charge in [-0.2, -0.15) is 0 Å². The van der Waals surface area contributed by atoms with Crippen molar-refractivity contribution in [1.82, 2.24) is 25.0 Å². The van der Waals surface area contributed by atoms with Gasteiger partial charge in [0, 0.05) is 25.0 Å². The topological polar surface area (TPSA) is 97.9 Å². The number of anilines is 1. The second-order valence-electron chi connectivity index (χ2n) is 6.51. The van der Waals surface area contributed by atoms with Gasteiger partial charge in [-0.05, 0) is 12.1 Å². The van der Waals surface area contributed by atoms with Crippen molar-refractivity contribution >= 4 is 34.4 Å². The number of amides is 5. The number of hydrogen-bond donors (Lipinski definition) is 2. The summed E-state index contributed by atoms with van der Waals surface area (Å²) in [5.74, 6) is -0.857. The summed E-state index contributed by atoms with van der Waals surface area (Å²) in [6.45, 7) is -0.243. The van der Waals surface area contributed by atoms with Crippen molar-refractivity contribution < 1.29 is 18.8 Å². The molecule has 4 rings (SSSR count). The Morgan fingerprint density at radius 1 is 1.29 bits per heavy atom. The van der Waals surface area contributed by atoms with Gasteiger partial charge in [-0.1, -0.05) is 12.1 Å². The third kappa shape index (κ3) is 2.93. The van der Waals surface area contributed by atoms with Gasteiger partial charge in [0.05, 0.1) is 5.69 Å². The molecule has 0 spiro atoms. The van der Waals surface area contributed by atoms with Crippen LogP contribution >= 0.6 is 11.3 Å². The third-order valence-corrected chi connectivity index (χ3v) is 5.52. The number of nitrogens with zero attached hydrogens (tertiary/aromatic N) is 4. The van der Waals surface area contributed by atoms with E-state index in [1.54, 1.807) is 37.7 Å². The first-order chi connectivity index (χ1) is 13.4. The van der Waals surface area contributed by atoms with E-state index in [1.165, 1.54) is 20.8 Å². The molecule has 2 atom stereocenters. The summed E-state index contributed by atoms with van der Waals surface area (Å²) in [6.07, 6.45) is -1.08. The first-order valence-corrected chi connectivity index (χ1v) is 9.32. The Morgan fingerprint density at radius 3 is 2.79 bits per heavy atom. The van der Waals surface area contributed by atoms with Crippen LogP contribution < -0.4 is 10.6 Å². The molecule has 0 saturated carbocycles. The molecule has 2 saturated heterocycles. The zero-order chi connectivity index (χ0) is 20.0. The summed E-state index contributed by atoms with van der Waals surface area (Å²) in [4.78, 5) is 45.1. The van der Waals surface area contributed by atoms with Gasteiger partial charge in [-0.15, -0.1) is 11.3 Å². The Balaban J connectivity index is 1.45. The lowest BCUT2D eigenvalue weighted by Gasteiger charge is -2.25. The second-order valence-corrected chi connectivity index (χ2v) is 7.36. The number of fused-ring (bicyclic) bond motifs is 1. The lowest BCUT2D eigenvalue weighted by molar-refractivity contribution is -0.117. The molecule has 146 valence electrons. The van der Waals surface area contributed by atoms with Crippen LogP contribution in [0.1, 0.15) is 0 Å². The van der Waals surface area contributed by atoms with E-state index in [1.807, 2.05) is 0 Å². The normalized spacial score (nSPS) is 21.2. The van der Waals surface area contributed by atoms with E-state index in [0.29, 0.717) is 16.4 Å². The molecular weight excluding hydrogens is 387 g/mol. The highest BCUT2D eigenvalue weighted by Gasteiger charge is 2.52. The number of carbonyl (C=O) groups excluding carboxylic acids is 3. The highest BCUT2D eigenvalue weighted by Crippen LogP contribution is 2.28. The fourth-order valence-corrected chi connectivity index (χ4v) is 4.10. The Morgan fingerprint density at radius 2 is 2.04 bits per heavy atom. The van der Waals surface area contributed by atoms with Gasteiger partial charge in [0.2, 0.25) is 5.91 Å². The van der Waals surface area contributed by atoms with E-state index in [-0.39, 0.29) is 12.6 Å². The van der Waals surface area contributed by atoms with E-state index >= 15 is 0 Å². The molecule has 0 aliphatic carbocycles. The molecule has 5 amide bonds. The van der Waals surface area contributed by atoms with Gasteiger partial charge < -0.3 is 20.4 Å². The number of likely N-dealkylation sites (N-methyl/N-ethyl adjacent to an activating group) is 2. The molecule has 9 nitrogen and oxygen atoms in total. The molecular formula is C17H17FN6O3S. The maximum Gasteiger partial charge on any atom is 0.323 e. The van der Waals surface area contributed by atoms with Crippen molar-refractivity contribution in [2.45, 2.75) is 12.3 Å². The molecule has 2 aromatic rings. The molecule has 2 fully saturated rings. The SMILES string of the molecule is CN1C(=O)N(C)[C@H]2NC(=O)N(CC(=O)Nc3nc(-c4ccccc4F)cs3)[C@H]21. The number of hydrogen-bond acceptors (Lipinski definition) is 5. The molecule has 0 radical (unpaired) electrons. The van der Waals surface area contributed by atoms with Crippen molar-refractivity contribution in [3.63, 3.8) is 0 Å². The average molecular weight is 404 g/mol. The number of thiazole rings is 1. The van der Waals surface area contributed by atoms with Gasteiger partial charge in [0.1, 0.15) is 24.7 Å². The molecule has 11 heteroatoms. The molecule has 0 unspecified atom stereocenters. The lowest BCUT2D eigenvalue weighted by atomic mass is 10.2. The predicted molar refractivity (Wildman–Crippen MR) is 99.9 cm³/mol. The molecule has 3 heterocycles. The predicted octanol–water partition coefficient (Wildman–Crippen LogP) is 1.56. The summed E-state index contributed by atoms with van der Waals surface area (Å²) in [7, 11) is 3.17. The Bertz CT molecular complexity index is 966. The number of benzene rings is 1. The van der Waals surface area contributed by atoms with Crippen LogP contribution in [-0.4, -0.2) is 70.6 Å². The van der Waals surface area contributed by atoms with Crippen LogP contribution in [-0.2, 0) is 4.79 Å². The van der Waals surface area contributed by atoms with E-state index in [0.717, 1.165) is 11.3 Å². The first kappa shape index (κ1) is 18.2. The second kappa shape index (κ2) is 6.75. The number of halogens is 1. The van der Waals surface area contributed by atoms with Crippen LogP contribution in [0.25, 0.3) is 11.3 Å². The zero-order valence-electron chi connectivity index (χ0n) is 15.0. The molecule has 2 aliphatic heterocycles. The van der Waals surface area contributed by atoms with Crippen molar-refractivity contribution in [2.24, 2.45) is 0 Å². The van der Waals surface area contributed by atoms with Gasteiger partial charge >= 0.3 is 12.1 Å². The van der Waals surface area contributed by atoms with Crippen LogP contribution in [0.2, 0.25) is 0 Å². The minimum absolute atomic E-state index is 0.241. The van der Waals surface area contributed by atoms with Crippen LogP contribution in [0.3, 0.4) is 0 Å². The van der Waals surface area contributed by atoms with Crippen LogP contribution in [0.15, 0.2) is 29.6 Å². The minimum atomic E-state index is -0.568. The van der Waals surface area contributed by atoms with E-state index in [9.17, 15) is 18.8 Å². The van der Waals surface area contributed by atoms with Crippen LogP contribution in [0.4, 0.5) is 19.1 Å². The third-order valence-electron chi connectivity index (χ3n) is 4.77. The Kier molecular flexibility index (Phi) is 4.38.